The summed E-state index contributed by atoms with van der Waals surface area (Å²) in [4.78, 5) is 0. The van der Waals surface area contributed by atoms with Crippen LogP contribution in [0.15, 0.2) is 132 Å². The fourth-order valence-electron chi connectivity index (χ4n) is 4.96. The van der Waals surface area contributed by atoms with Crippen LogP contribution in [0.4, 0.5) is 0 Å². The van der Waals surface area contributed by atoms with Gasteiger partial charge in [0.05, 0.1) is 0 Å². The van der Waals surface area contributed by atoms with E-state index < -0.39 is 12.2 Å². The molecule has 2 unspecified atom stereocenters. The maximum absolute atomic E-state index is 11.4. The number of aryl methyl sites for hydroxylation is 2. The first-order chi connectivity index (χ1) is 22.5. The summed E-state index contributed by atoms with van der Waals surface area (Å²) in [7, 11) is 0. The number of aliphatic hydroxyl groups is 2. The number of aromatic nitrogens is 6. The van der Waals surface area contributed by atoms with Crippen molar-refractivity contribution in [3.63, 3.8) is 0 Å². The minimum absolute atomic E-state index is 0.276. The fraction of sp³-hybridized carbons (Fsp3) is 0.118. The van der Waals surface area contributed by atoms with Gasteiger partial charge in [-0.1, -0.05) is 121 Å². The number of H-pyrrole nitrogens is 2. The van der Waals surface area contributed by atoms with Gasteiger partial charge in [0.1, 0.15) is 23.6 Å². The lowest BCUT2D eigenvalue weighted by Gasteiger charge is -2.15. The third-order valence-corrected chi connectivity index (χ3v) is 7.84. The molecule has 0 aliphatic heterocycles. The van der Waals surface area contributed by atoms with Crippen molar-refractivity contribution in [3.05, 3.63) is 165 Å². The molecule has 4 aromatic carbocycles. The number of benzene rings is 4. The van der Waals surface area contributed by atoms with Crippen LogP contribution < -0.4 is 0 Å². The van der Waals surface area contributed by atoms with Gasteiger partial charge < -0.3 is 10.2 Å². The number of aliphatic hydroxyl groups excluding tert-OH is 2. The van der Waals surface area contributed by atoms with Gasteiger partial charge in [-0.2, -0.15) is 29.8 Å². The van der Waals surface area contributed by atoms with Crippen LogP contribution in [0.5, 0.6) is 0 Å². The molecule has 10 nitrogen and oxygen atoms in total. The second kappa shape index (κ2) is 14.3. The van der Waals surface area contributed by atoms with Crippen LogP contribution in [0, 0.1) is 9.54 Å². The Morgan fingerprint density at radius 3 is 1.24 bits per heavy atom. The van der Waals surface area contributed by atoms with E-state index in [0.717, 1.165) is 11.1 Å². The van der Waals surface area contributed by atoms with Crippen molar-refractivity contribution in [3.8, 4) is 0 Å². The third kappa shape index (κ3) is 6.90. The first-order valence-electron chi connectivity index (χ1n) is 14.6. The second-order valence-corrected chi connectivity index (χ2v) is 11.1. The van der Waals surface area contributed by atoms with Crippen LogP contribution in [0.2, 0.25) is 0 Å². The summed E-state index contributed by atoms with van der Waals surface area (Å²) in [6.07, 6.45) is -1.30. The van der Waals surface area contributed by atoms with Crippen molar-refractivity contribution in [2.75, 3.05) is 0 Å². The van der Waals surface area contributed by atoms with Crippen LogP contribution in [0.1, 0.15) is 46.1 Å². The van der Waals surface area contributed by atoms with E-state index in [1.807, 2.05) is 121 Å². The summed E-state index contributed by atoms with van der Waals surface area (Å²) >= 11 is 11.1. The van der Waals surface area contributed by atoms with E-state index in [9.17, 15) is 10.2 Å². The van der Waals surface area contributed by atoms with Gasteiger partial charge in [-0.15, -0.1) is 0 Å². The van der Waals surface area contributed by atoms with Crippen LogP contribution in [-0.2, 0) is 12.8 Å². The Bertz CT molecular complexity index is 1920. The first kappa shape index (κ1) is 30.9. The Kier molecular flexibility index (Phi) is 9.60. The topological polar surface area (TPSA) is 132 Å². The van der Waals surface area contributed by atoms with Gasteiger partial charge in [-0.3, -0.25) is 10.2 Å². The summed E-state index contributed by atoms with van der Waals surface area (Å²) < 4.78 is 3.59. The summed E-state index contributed by atoms with van der Waals surface area (Å²) in [5, 5.41) is 46.9. The highest BCUT2D eigenvalue weighted by atomic mass is 32.1. The molecule has 4 N–H and O–H groups in total. The molecule has 0 aliphatic rings. The van der Waals surface area contributed by atoms with Crippen molar-refractivity contribution >= 4 is 35.9 Å². The van der Waals surface area contributed by atoms with Crippen molar-refractivity contribution < 1.29 is 10.2 Å². The monoisotopic (exact) mass is 646 g/mol. The molecule has 2 aromatic heterocycles. The van der Waals surface area contributed by atoms with E-state index >= 15 is 0 Å². The molecule has 0 spiro atoms. The molecule has 0 saturated heterocycles. The van der Waals surface area contributed by atoms with E-state index in [-0.39, 0.29) is 9.54 Å². The highest BCUT2D eigenvalue weighted by Crippen LogP contribution is 2.22. The number of nitrogens with zero attached hydrogens (tertiary/aromatic N) is 6. The molecule has 230 valence electrons. The molecule has 0 amide bonds. The molecule has 46 heavy (non-hydrogen) atoms. The molecule has 2 atom stereocenters. The largest absolute Gasteiger partial charge is 0.382 e. The minimum atomic E-state index is -1.01. The Morgan fingerprint density at radius 1 is 0.565 bits per heavy atom. The van der Waals surface area contributed by atoms with E-state index in [1.54, 1.807) is 0 Å². The smallest absolute Gasteiger partial charge is 0.216 e. The zero-order valence-electron chi connectivity index (χ0n) is 24.5. The standard InChI is InChI=1S/C34H30N8O2S2/c43-31(25-17-9-3-10-18-25)29(23-13-5-1-6-14-23)39-41-27(35-37-33(41)45)21-22-28-36-38-34(46)42(28)40-30(24-15-7-2-8-16-24)32(44)26-19-11-4-12-20-26/h1-20,31-32,43-44H,21-22H2,(H,37,45)(H,38,46)/b39-29-,40-30-. The van der Waals surface area contributed by atoms with Crippen molar-refractivity contribution in [2.45, 2.75) is 25.0 Å². The summed E-state index contributed by atoms with van der Waals surface area (Å²) in [5.41, 5.74) is 3.71. The average Bonchev–Trinajstić information content (AvgIpc) is 3.65. The maximum atomic E-state index is 11.4. The van der Waals surface area contributed by atoms with E-state index in [4.69, 9.17) is 34.6 Å². The van der Waals surface area contributed by atoms with E-state index in [1.165, 1.54) is 9.35 Å². The molecule has 6 aromatic rings. The van der Waals surface area contributed by atoms with Crippen LogP contribution in [0.25, 0.3) is 0 Å². The average molecular weight is 647 g/mol. The first-order valence-corrected chi connectivity index (χ1v) is 15.4. The number of hydrogen-bond acceptors (Lipinski definition) is 8. The van der Waals surface area contributed by atoms with Gasteiger partial charge in [0.15, 0.2) is 11.6 Å². The number of nitrogens with one attached hydrogen (secondary N) is 2. The summed E-state index contributed by atoms with van der Waals surface area (Å²) in [6, 6.07) is 37.6. The zero-order chi connectivity index (χ0) is 31.9. The highest BCUT2D eigenvalue weighted by molar-refractivity contribution is 7.71. The third-order valence-electron chi connectivity index (χ3n) is 7.31. The predicted molar refractivity (Wildman–Crippen MR) is 182 cm³/mol. The zero-order valence-corrected chi connectivity index (χ0v) is 26.1. The van der Waals surface area contributed by atoms with Crippen molar-refractivity contribution in [1.29, 1.82) is 0 Å². The van der Waals surface area contributed by atoms with Crippen molar-refractivity contribution in [2.24, 2.45) is 10.2 Å². The Balaban J connectivity index is 1.34. The number of aromatic amines is 2. The number of hydrogen-bond donors (Lipinski definition) is 4. The van der Waals surface area contributed by atoms with Crippen LogP contribution >= 0.6 is 24.4 Å². The fourth-order valence-corrected chi connectivity index (χ4v) is 5.35. The van der Waals surface area contributed by atoms with Gasteiger partial charge in [-0.05, 0) is 35.6 Å². The Labute approximate surface area is 275 Å². The normalized spacial score (nSPS) is 13.4. The Morgan fingerprint density at radius 2 is 0.891 bits per heavy atom. The molecular weight excluding hydrogens is 617 g/mol. The van der Waals surface area contributed by atoms with Crippen LogP contribution in [0.3, 0.4) is 0 Å². The molecule has 0 bridgehead atoms. The lowest BCUT2D eigenvalue weighted by Crippen LogP contribution is -2.17. The molecule has 2 heterocycles. The van der Waals surface area contributed by atoms with Gasteiger partial charge in [0, 0.05) is 24.0 Å². The summed E-state index contributed by atoms with van der Waals surface area (Å²) in [6.45, 7) is 0. The molecule has 0 aliphatic carbocycles. The highest BCUT2D eigenvalue weighted by Gasteiger charge is 2.21. The molecule has 6 rings (SSSR count). The quantitative estimate of drug-likeness (QED) is 0.102. The second-order valence-electron chi connectivity index (χ2n) is 10.3. The SMILES string of the molecule is OC(/C(=N\n1c(CCc2n[nH]c(=S)n2/N=C(/c2ccccc2)C(O)c2ccccc2)n[nH]c1=S)c1ccccc1)c1ccccc1. The molecular formula is C34H30N8O2S2. The number of rotatable bonds is 11. The predicted octanol–water partition coefficient (Wildman–Crippen LogP) is 5.95. The molecule has 0 fully saturated rings. The van der Waals surface area contributed by atoms with Gasteiger partial charge in [-0.25, -0.2) is 0 Å². The van der Waals surface area contributed by atoms with Crippen molar-refractivity contribution in [1.82, 2.24) is 29.7 Å². The molecule has 0 radical (unpaired) electrons. The van der Waals surface area contributed by atoms with E-state index in [2.05, 4.69) is 20.4 Å². The van der Waals surface area contributed by atoms with Gasteiger partial charge in [0.2, 0.25) is 9.54 Å². The maximum Gasteiger partial charge on any atom is 0.216 e. The summed E-state index contributed by atoms with van der Waals surface area (Å²) in [5.74, 6) is 1.05. The van der Waals surface area contributed by atoms with Gasteiger partial charge >= 0.3 is 0 Å². The van der Waals surface area contributed by atoms with Crippen LogP contribution in [-0.4, -0.2) is 51.4 Å². The minimum Gasteiger partial charge on any atom is -0.382 e. The van der Waals surface area contributed by atoms with Gasteiger partial charge in [0.25, 0.3) is 0 Å². The Hall–Kier alpha value is -5.14. The lowest BCUT2D eigenvalue weighted by atomic mass is 9.99. The lowest BCUT2D eigenvalue weighted by molar-refractivity contribution is 0.247. The molecule has 0 saturated carbocycles. The molecule has 12 heteroatoms. The van der Waals surface area contributed by atoms with E-state index in [0.29, 0.717) is 47.0 Å².